The van der Waals surface area contributed by atoms with Crippen molar-refractivity contribution in [2.45, 2.75) is 13.8 Å². The molecule has 1 fully saturated rings. The lowest BCUT2D eigenvalue weighted by Gasteiger charge is -2.27. The van der Waals surface area contributed by atoms with Crippen LogP contribution in [0, 0.1) is 13.8 Å². The van der Waals surface area contributed by atoms with Crippen LogP contribution in [0.3, 0.4) is 0 Å². The molecule has 1 aliphatic rings. The highest BCUT2D eigenvalue weighted by Gasteiger charge is 2.37. The number of hydrogen-bond acceptors (Lipinski definition) is 7. The number of carbonyl (C=O) groups is 4. The normalized spacial score (nSPS) is 14.9. The van der Waals surface area contributed by atoms with Gasteiger partial charge in [0.1, 0.15) is 5.57 Å². The van der Waals surface area contributed by atoms with Crippen molar-refractivity contribution in [3.63, 3.8) is 0 Å². The second kappa shape index (κ2) is 9.34. The molecule has 0 spiro atoms. The first-order chi connectivity index (χ1) is 15.2. The maximum atomic E-state index is 13.1. The van der Waals surface area contributed by atoms with Crippen molar-refractivity contribution in [3.8, 4) is 11.5 Å². The highest BCUT2D eigenvalue weighted by Crippen LogP contribution is 2.30. The van der Waals surface area contributed by atoms with Gasteiger partial charge in [-0.1, -0.05) is 12.1 Å². The fourth-order valence-electron chi connectivity index (χ4n) is 3.23. The van der Waals surface area contributed by atoms with Gasteiger partial charge in [-0.3, -0.25) is 14.9 Å². The zero-order chi connectivity index (χ0) is 23.4. The van der Waals surface area contributed by atoms with Gasteiger partial charge in [-0.15, -0.1) is 0 Å². The summed E-state index contributed by atoms with van der Waals surface area (Å²) >= 11 is 0. The summed E-state index contributed by atoms with van der Waals surface area (Å²) in [5, 5.41) is 2.20. The predicted molar refractivity (Wildman–Crippen MR) is 115 cm³/mol. The van der Waals surface area contributed by atoms with E-state index in [2.05, 4.69) is 10.1 Å². The van der Waals surface area contributed by atoms with Gasteiger partial charge in [-0.05, 0) is 60.9 Å². The van der Waals surface area contributed by atoms with Gasteiger partial charge >= 0.3 is 12.0 Å². The molecular weight excluding hydrogens is 416 g/mol. The summed E-state index contributed by atoms with van der Waals surface area (Å²) in [5.74, 6) is -1.53. The number of carbonyl (C=O) groups excluding carboxylic acids is 4. The number of amides is 4. The number of rotatable bonds is 6. The van der Waals surface area contributed by atoms with E-state index in [1.54, 1.807) is 18.2 Å². The first kappa shape index (κ1) is 22.5. The zero-order valence-electron chi connectivity index (χ0n) is 18.1. The molecule has 2 aromatic rings. The minimum atomic E-state index is -0.814. The van der Waals surface area contributed by atoms with E-state index in [4.69, 9.17) is 9.47 Å². The molecule has 0 bridgehead atoms. The molecule has 4 amide bonds. The van der Waals surface area contributed by atoms with Crippen molar-refractivity contribution < 1.29 is 33.4 Å². The SMILES string of the molecule is COC(=O)COc1ccc(/C=C2\C(=O)NC(=O)N(c3cc(C)cc(C)c3)C2=O)cc1OC. The Kier molecular flexibility index (Phi) is 6.58. The summed E-state index contributed by atoms with van der Waals surface area (Å²) in [4.78, 5) is 50.1. The summed E-state index contributed by atoms with van der Waals surface area (Å²) in [6.45, 7) is 3.39. The van der Waals surface area contributed by atoms with Crippen molar-refractivity contribution in [3.05, 3.63) is 58.7 Å². The summed E-state index contributed by atoms with van der Waals surface area (Å²) in [7, 11) is 2.66. The molecule has 1 N–H and O–H groups in total. The molecule has 1 heterocycles. The third-order valence-electron chi connectivity index (χ3n) is 4.64. The Morgan fingerprint density at radius 2 is 1.69 bits per heavy atom. The van der Waals surface area contributed by atoms with E-state index >= 15 is 0 Å². The molecule has 1 saturated heterocycles. The summed E-state index contributed by atoms with van der Waals surface area (Å²) in [6, 6.07) is 9.13. The smallest absolute Gasteiger partial charge is 0.343 e. The van der Waals surface area contributed by atoms with Crippen molar-refractivity contribution in [1.82, 2.24) is 5.32 Å². The number of aryl methyl sites for hydroxylation is 2. The second-order valence-electron chi connectivity index (χ2n) is 7.08. The molecule has 0 radical (unpaired) electrons. The minimum Gasteiger partial charge on any atom is -0.493 e. The number of urea groups is 1. The molecule has 0 saturated carbocycles. The Balaban J connectivity index is 1.94. The maximum Gasteiger partial charge on any atom is 0.343 e. The molecular formula is C23H22N2O7. The number of anilines is 1. The fourth-order valence-corrected chi connectivity index (χ4v) is 3.23. The Hall–Kier alpha value is -4.14. The van der Waals surface area contributed by atoms with Crippen molar-refractivity contribution in [2.24, 2.45) is 0 Å². The number of benzene rings is 2. The quantitative estimate of drug-likeness (QED) is 0.419. The van der Waals surface area contributed by atoms with E-state index in [0.717, 1.165) is 16.0 Å². The van der Waals surface area contributed by atoms with Crippen LogP contribution in [0.25, 0.3) is 6.08 Å². The zero-order valence-corrected chi connectivity index (χ0v) is 18.1. The van der Waals surface area contributed by atoms with Gasteiger partial charge in [-0.2, -0.15) is 0 Å². The van der Waals surface area contributed by atoms with Gasteiger partial charge in [0.15, 0.2) is 18.1 Å². The van der Waals surface area contributed by atoms with E-state index in [0.29, 0.717) is 11.3 Å². The van der Waals surface area contributed by atoms with Crippen LogP contribution in [0.2, 0.25) is 0 Å². The summed E-state index contributed by atoms with van der Waals surface area (Å²) in [6.07, 6.45) is 1.35. The summed E-state index contributed by atoms with van der Waals surface area (Å²) < 4.78 is 15.2. The monoisotopic (exact) mass is 438 g/mol. The lowest BCUT2D eigenvalue weighted by molar-refractivity contribution is -0.143. The summed E-state index contributed by atoms with van der Waals surface area (Å²) in [5.41, 5.74) is 2.35. The number of methoxy groups -OCH3 is 2. The van der Waals surface area contributed by atoms with E-state index in [1.165, 1.54) is 32.4 Å². The van der Waals surface area contributed by atoms with Crippen LogP contribution in [-0.4, -0.2) is 44.6 Å². The largest absolute Gasteiger partial charge is 0.493 e. The number of ether oxygens (including phenoxy) is 3. The van der Waals surface area contributed by atoms with Crippen LogP contribution >= 0.6 is 0 Å². The maximum absolute atomic E-state index is 13.1. The van der Waals surface area contributed by atoms with Crippen LogP contribution < -0.4 is 19.7 Å². The van der Waals surface area contributed by atoms with E-state index < -0.39 is 23.8 Å². The Morgan fingerprint density at radius 3 is 2.31 bits per heavy atom. The van der Waals surface area contributed by atoms with Crippen LogP contribution in [0.5, 0.6) is 11.5 Å². The second-order valence-corrected chi connectivity index (χ2v) is 7.08. The standard InChI is InChI=1S/C23H22N2O7/c1-13-7-14(2)9-16(8-13)25-22(28)17(21(27)24-23(25)29)10-15-5-6-18(19(11-15)30-3)32-12-20(26)31-4/h5-11H,12H2,1-4H3,(H,24,27,29)/b17-10+. The number of barbiturate groups is 1. The lowest BCUT2D eigenvalue weighted by Crippen LogP contribution is -2.54. The van der Waals surface area contributed by atoms with E-state index in [1.807, 2.05) is 19.9 Å². The molecule has 1 aliphatic heterocycles. The number of imide groups is 2. The average molecular weight is 438 g/mol. The third kappa shape index (κ3) is 4.77. The van der Waals surface area contributed by atoms with Gasteiger partial charge in [-0.25, -0.2) is 14.5 Å². The molecule has 2 aromatic carbocycles. The van der Waals surface area contributed by atoms with Crippen molar-refractivity contribution >= 4 is 35.6 Å². The first-order valence-electron chi connectivity index (χ1n) is 9.61. The number of esters is 1. The van der Waals surface area contributed by atoms with Crippen LogP contribution in [0.1, 0.15) is 16.7 Å². The van der Waals surface area contributed by atoms with Gasteiger partial charge in [0.05, 0.1) is 19.9 Å². The Labute approximate surface area is 184 Å². The number of nitrogens with zero attached hydrogens (tertiary/aromatic N) is 1. The van der Waals surface area contributed by atoms with Gasteiger partial charge in [0.25, 0.3) is 11.8 Å². The molecule has 0 unspecified atom stereocenters. The highest BCUT2D eigenvalue weighted by atomic mass is 16.6. The van der Waals surface area contributed by atoms with Crippen LogP contribution in [-0.2, 0) is 19.1 Å². The number of nitrogens with one attached hydrogen (secondary N) is 1. The minimum absolute atomic E-state index is 0.214. The van der Waals surface area contributed by atoms with Crippen molar-refractivity contribution in [2.75, 3.05) is 25.7 Å². The molecule has 0 aliphatic carbocycles. The molecule has 32 heavy (non-hydrogen) atoms. The predicted octanol–water partition coefficient (Wildman–Crippen LogP) is 2.53. The highest BCUT2D eigenvalue weighted by molar-refractivity contribution is 6.39. The van der Waals surface area contributed by atoms with E-state index in [-0.39, 0.29) is 23.7 Å². The third-order valence-corrected chi connectivity index (χ3v) is 4.64. The first-order valence-corrected chi connectivity index (χ1v) is 9.61. The van der Waals surface area contributed by atoms with Crippen LogP contribution in [0.15, 0.2) is 42.0 Å². The molecule has 3 rings (SSSR count). The molecule has 9 heteroatoms. The van der Waals surface area contributed by atoms with Crippen LogP contribution in [0.4, 0.5) is 10.5 Å². The fraction of sp³-hybridized carbons (Fsp3) is 0.217. The topological polar surface area (TPSA) is 111 Å². The molecule has 9 nitrogen and oxygen atoms in total. The Morgan fingerprint density at radius 1 is 1.00 bits per heavy atom. The molecule has 0 atom stereocenters. The molecule has 166 valence electrons. The van der Waals surface area contributed by atoms with Crippen molar-refractivity contribution in [1.29, 1.82) is 0 Å². The van der Waals surface area contributed by atoms with Gasteiger partial charge in [0.2, 0.25) is 0 Å². The van der Waals surface area contributed by atoms with Gasteiger partial charge < -0.3 is 14.2 Å². The number of hydrogen-bond donors (Lipinski definition) is 1. The lowest BCUT2D eigenvalue weighted by atomic mass is 10.0. The van der Waals surface area contributed by atoms with Gasteiger partial charge in [0, 0.05) is 0 Å². The average Bonchev–Trinajstić information content (AvgIpc) is 2.74. The molecule has 0 aromatic heterocycles. The Bertz CT molecular complexity index is 1120. The van der Waals surface area contributed by atoms with E-state index in [9.17, 15) is 19.2 Å².